The first-order valence-corrected chi connectivity index (χ1v) is 9.39. The summed E-state index contributed by atoms with van der Waals surface area (Å²) in [6.45, 7) is 0. The third kappa shape index (κ3) is 2.10. The van der Waals surface area contributed by atoms with Crippen molar-refractivity contribution in [2.75, 3.05) is 0 Å². The molecule has 0 unspecified atom stereocenters. The summed E-state index contributed by atoms with van der Waals surface area (Å²) in [5, 5.41) is 0. The molecule has 0 saturated heterocycles. The van der Waals surface area contributed by atoms with Crippen LogP contribution < -0.4 is 9.09 Å². The predicted molar refractivity (Wildman–Crippen MR) is 67.6 cm³/mol. The molecule has 0 spiro atoms. The molecule has 0 bridgehead atoms. The molecule has 1 heterocycles. The van der Waals surface area contributed by atoms with Crippen LogP contribution in [0.25, 0.3) is 0 Å². The van der Waals surface area contributed by atoms with E-state index in [1.165, 1.54) is 23.9 Å². The Hall–Kier alpha value is -1.13. The summed E-state index contributed by atoms with van der Waals surface area (Å²) >= 11 is -3.39. The zero-order valence-corrected chi connectivity index (χ0v) is 11.8. The number of hydrogen-bond acceptors (Lipinski definition) is 3. The molecule has 0 atom stereocenters. The first-order chi connectivity index (χ1) is 8.54. The Bertz CT molecular complexity index is 665. The first-order valence-electron chi connectivity index (χ1n) is 5.19. The van der Waals surface area contributed by atoms with Crippen LogP contribution in [0, 0.1) is 0 Å². The van der Waals surface area contributed by atoms with Gasteiger partial charge in [-0.2, -0.15) is 0 Å². The maximum absolute atomic E-state index is 11.3. The number of ether oxygens (including phenoxy) is 1. The SMILES string of the molecule is O=[As](O)(O)c1ccc2c(c1)Sc1ccccc1O2. The molecular formula is C12H9AsO4S. The molecule has 0 aliphatic carbocycles. The molecule has 0 radical (unpaired) electrons. The average Bonchev–Trinajstić information content (AvgIpc) is 2.34. The van der Waals surface area contributed by atoms with Crippen molar-refractivity contribution in [2.45, 2.75) is 9.79 Å². The normalized spacial score (nSPS) is 13.4. The van der Waals surface area contributed by atoms with Crippen molar-refractivity contribution in [3.63, 3.8) is 0 Å². The predicted octanol–water partition coefficient (Wildman–Crippen LogP) is 1.50. The van der Waals surface area contributed by atoms with E-state index in [4.69, 9.17) is 4.74 Å². The molecule has 2 N–H and O–H groups in total. The minimum absolute atomic E-state index is 0.0716. The van der Waals surface area contributed by atoms with Gasteiger partial charge in [-0.15, -0.1) is 0 Å². The Morgan fingerprint density at radius 2 is 1.72 bits per heavy atom. The zero-order chi connectivity index (χ0) is 12.8. The van der Waals surface area contributed by atoms with Gasteiger partial charge >= 0.3 is 111 Å². The topological polar surface area (TPSA) is 66.8 Å². The summed E-state index contributed by atoms with van der Waals surface area (Å²) in [6, 6.07) is 12.1. The molecule has 3 rings (SSSR count). The van der Waals surface area contributed by atoms with Crippen LogP contribution >= 0.6 is 11.8 Å². The van der Waals surface area contributed by atoms with Crippen LogP contribution in [0.4, 0.5) is 0 Å². The van der Waals surface area contributed by atoms with Gasteiger partial charge in [0.25, 0.3) is 0 Å². The number of rotatable bonds is 1. The third-order valence-corrected chi connectivity index (χ3v) is 5.64. The van der Waals surface area contributed by atoms with Crippen molar-refractivity contribution in [3.05, 3.63) is 42.5 Å². The van der Waals surface area contributed by atoms with E-state index in [0.717, 1.165) is 15.5 Å². The summed E-state index contributed by atoms with van der Waals surface area (Å²) in [5.74, 6) is 1.40. The molecule has 0 amide bonds. The van der Waals surface area contributed by atoms with Crippen molar-refractivity contribution in [3.8, 4) is 11.5 Å². The molecule has 2 aromatic rings. The number of fused-ring (bicyclic) bond motifs is 2. The van der Waals surface area contributed by atoms with Crippen molar-refractivity contribution < 1.29 is 16.7 Å². The van der Waals surface area contributed by atoms with E-state index in [2.05, 4.69) is 0 Å². The van der Waals surface area contributed by atoms with Gasteiger partial charge in [0.15, 0.2) is 0 Å². The van der Waals surface area contributed by atoms with E-state index < -0.39 is 14.2 Å². The van der Waals surface area contributed by atoms with Crippen LogP contribution in [-0.2, 0) is 3.74 Å². The van der Waals surface area contributed by atoms with Crippen LogP contribution in [0.3, 0.4) is 0 Å². The second kappa shape index (κ2) is 4.21. The van der Waals surface area contributed by atoms with Gasteiger partial charge in [-0.25, -0.2) is 0 Å². The van der Waals surface area contributed by atoms with Gasteiger partial charge in [-0.1, -0.05) is 0 Å². The van der Waals surface area contributed by atoms with Crippen LogP contribution in [0.1, 0.15) is 0 Å². The molecule has 4 nitrogen and oxygen atoms in total. The molecule has 92 valence electrons. The fourth-order valence-electron chi connectivity index (χ4n) is 1.70. The summed E-state index contributed by atoms with van der Waals surface area (Å²) in [5.41, 5.74) is 0. The minimum atomic E-state index is -4.84. The molecule has 6 heteroatoms. The van der Waals surface area contributed by atoms with E-state index in [9.17, 15) is 11.9 Å². The van der Waals surface area contributed by atoms with Gasteiger partial charge in [-0.05, 0) is 0 Å². The Kier molecular flexibility index (Phi) is 2.79. The average molecular weight is 324 g/mol. The fraction of sp³-hybridized carbons (Fsp3) is 0. The maximum atomic E-state index is 11.3. The van der Waals surface area contributed by atoms with Crippen LogP contribution in [0.5, 0.6) is 11.5 Å². The molecular weight excluding hydrogens is 315 g/mol. The zero-order valence-electron chi connectivity index (χ0n) is 9.11. The van der Waals surface area contributed by atoms with Gasteiger partial charge in [0.05, 0.1) is 0 Å². The summed E-state index contributed by atoms with van der Waals surface area (Å²) in [6.07, 6.45) is 0. The van der Waals surface area contributed by atoms with Crippen LogP contribution in [0.2, 0.25) is 0 Å². The molecule has 0 fully saturated rings. The fourth-order valence-corrected chi connectivity index (χ4v) is 4.07. The summed E-state index contributed by atoms with van der Waals surface area (Å²) in [4.78, 5) is 1.68. The molecule has 1 aliphatic heterocycles. The molecule has 0 saturated carbocycles. The standard InChI is InChI=1S/C12H9AsO4S/c14-13(15,16)8-5-6-10-12(7-8)18-11-4-2-1-3-9(11)17-10/h1-7H,(H2,14,15,16). The van der Waals surface area contributed by atoms with Gasteiger partial charge in [0.1, 0.15) is 0 Å². The van der Waals surface area contributed by atoms with E-state index in [1.54, 1.807) is 6.07 Å². The molecule has 1 aliphatic rings. The number of benzene rings is 2. The van der Waals surface area contributed by atoms with E-state index in [1.807, 2.05) is 24.3 Å². The second-order valence-corrected chi connectivity index (χ2v) is 8.28. The van der Waals surface area contributed by atoms with Crippen molar-refractivity contribution in [1.29, 1.82) is 0 Å². The third-order valence-electron chi connectivity index (χ3n) is 2.55. The first kappa shape index (κ1) is 11.9. The van der Waals surface area contributed by atoms with Gasteiger partial charge in [0, 0.05) is 0 Å². The Morgan fingerprint density at radius 3 is 2.50 bits per heavy atom. The van der Waals surface area contributed by atoms with Crippen molar-refractivity contribution in [1.82, 2.24) is 0 Å². The Morgan fingerprint density at radius 1 is 1.00 bits per heavy atom. The van der Waals surface area contributed by atoms with Crippen LogP contribution in [-0.4, -0.2) is 22.4 Å². The quantitative estimate of drug-likeness (QED) is 0.664. The molecule has 2 aromatic carbocycles. The second-order valence-electron chi connectivity index (χ2n) is 3.83. The van der Waals surface area contributed by atoms with Gasteiger partial charge in [-0.3, -0.25) is 0 Å². The van der Waals surface area contributed by atoms with Crippen molar-refractivity contribution >= 4 is 30.3 Å². The van der Waals surface area contributed by atoms with E-state index in [-0.39, 0.29) is 4.35 Å². The van der Waals surface area contributed by atoms with Gasteiger partial charge < -0.3 is 0 Å². The molecule has 0 aromatic heterocycles. The van der Waals surface area contributed by atoms with Crippen molar-refractivity contribution in [2.24, 2.45) is 0 Å². The van der Waals surface area contributed by atoms with E-state index >= 15 is 0 Å². The monoisotopic (exact) mass is 324 g/mol. The van der Waals surface area contributed by atoms with Gasteiger partial charge in [0.2, 0.25) is 0 Å². The Labute approximate surface area is 111 Å². The summed E-state index contributed by atoms with van der Waals surface area (Å²) < 4.78 is 35.4. The number of hydrogen-bond donors (Lipinski definition) is 2. The molecule has 18 heavy (non-hydrogen) atoms. The summed E-state index contributed by atoms with van der Waals surface area (Å²) in [7, 11) is 0. The van der Waals surface area contributed by atoms with E-state index in [0.29, 0.717) is 5.75 Å². The Balaban J connectivity index is 2.06. The van der Waals surface area contributed by atoms with Crippen LogP contribution in [0.15, 0.2) is 52.3 Å². The number of para-hydroxylation sites is 1.